The average molecular weight is 406 g/mol. The molecule has 8 heteroatoms. The van der Waals surface area contributed by atoms with Crippen molar-refractivity contribution in [1.29, 1.82) is 0 Å². The molecule has 3 heterocycles. The van der Waals surface area contributed by atoms with Gasteiger partial charge in [-0.3, -0.25) is 0 Å². The van der Waals surface area contributed by atoms with E-state index in [0.29, 0.717) is 49.6 Å². The minimum atomic E-state index is -0.945. The first kappa shape index (κ1) is 18.8. The average Bonchev–Trinajstić information content (AvgIpc) is 3.10. The number of nitrogens with two attached hydrogens (primary N) is 1. The summed E-state index contributed by atoms with van der Waals surface area (Å²) in [7, 11) is 1.62. The molecule has 0 spiro atoms. The van der Waals surface area contributed by atoms with Crippen molar-refractivity contribution >= 4 is 5.97 Å². The summed E-state index contributed by atoms with van der Waals surface area (Å²) in [5.41, 5.74) is 10.9. The number of hydrogen-bond donors (Lipinski definition) is 3. The number of carboxylic acid groups (broad SMARTS) is 1. The predicted octanol–water partition coefficient (Wildman–Crippen LogP) is 2.21. The smallest absolute Gasteiger partial charge is 0.337 e. The van der Waals surface area contributed by atoms with Gasteiger partial charge in [0.1, 0.15) is 5.75 Å². The molecule has 4 N–H and O–H groups in total. The van der Waals surface area contributed by atoms with Gasteiger partial charge in [-0.15, -0.1) is 0 Å². The molecular formula is C22H22N4O4. The van der Waals surface area contributed by atoms with Crippen LogP contribution in [0.3, 0.4) is 0 Å². The molecule has 3 aromatic rings. The van der Waals surface area contributed by atoms with Gasteiger partial charge in [0.2, 0.25) is 0 Å². The van der Waals surface area contributed by atoms with E-state index in [1.54, 1.807) is 7.11 Å². The second-order valence-electron chi connectivity index (χ2n) is 7.97. The Morgan fingerprint density at radius 3 is 2.70 bits per heavy atom. The Labute approximate surface area is 173 Å². The summed E-state index contributed by atoms with van der Waals surface area (Å²) < 4.78 is 10.4. The summed E-state index contributed by atoms with van der Waals surface area (Å²) in [6, 6.07) is 7.53. The summed E-state index contributed by atoms with van der Waals surface area (Å²) in [5, 5.41) is 9.89. The monoisotopic (exact) mass is 406 g/mol. The van der Waals surface area contributed by atoms with Crippen LogP contribution < -0.4 is 10.5 Å². The number of methoxy groups -OCH3 is 1. The first-order valence-corrected chi connectivity index (χ1v) is 9.82. The zero-order chi connectivity index (χ0) is 20.9. The molecule has 0 amide bonds. The van der Waals surface area contributed by atoms with Crippen LogP contribution in [0.1, 0.15) is 27.2 Å². The van der Waals surface area contributed by atoms with Crippen LogP contribution in [0, 0.1) is 0 Å². The fraction of sp³-hybridized carbons (Fsp3) is 0.318. The molecule has 8 nitrogen and oxygen atoms in total. The van der Waals surface area contributed by atoms with Gasteiger partial charge in [-0.25, -0.2) is 14.8 Å². The first-order chi connectivity index (χ1) is 14.5. The summed E-state index contributed by atoms with van der Waals surface area (Å²) in [4.78, 5) is 24.7. The van der Waals surface area contributed by atoms with Crippen LogP contribution in [0.15, 0.2) is 30.5 Å². The normalized spacial score (nSPS) is 16.3. The van der Waals surface area contributed by atoms with Gasteiger partial charge in [-0.05, 0) is 48.2 Å². The van der Waals surface area contributed by atoms with Gasteiger partial charge in [-0.1, -0.05) is 0 Å². The lowest BCUT2D eigenvalue weighted by Crippen LogP contribution is -2.59. The Morgan fingerprint density at radius 2 is 2.07 bits per heavy atom. The molecule has 154 valence electrons. The highest BCUT2D eigenvalue weighted by molar-refractivity contribution is 5.94. The number of nitrogens with zero attached hydrogens (tertiary/aromatic N) is 2. The Bertz CT molecular complexity index is 1130. The maximum absolute atomic E-state index is 12.1. The van der Waals surface area contributed by atoms with Crippen molar-refractivity contribution in [3.05, 3.63) is 52.8 Å². The number of fused-ring (bicyclic) bond motifs is 3. The van der Waals surface area contributed by atoms with Crippen LogP contribution in [0.2, 0.25) is 0 Å². The zero-order valence-electron chi connectivity index (χ0n) is 16.6. The first-order valence-electron chi connectivity index (χ1n) is 9.82. The van der Waals surface area contributed by atoms with E-state index in [-0.39, 0.29) is 0 Å². The minimum Gasteiger partial charge on any atom is -0.497 e. The number of aromatic nitrogens is 3. The summed E-state index contributed by atoms with van der Waals surface area (Å²) in [6.07, 6.45) is 3.57. The molecule has 1 fully saturated rings. The number of carbonyl (C=O) groups is 1. The number of aromatic amines is 1. The number of ether oxygens (including phenoxy) is 2. The van der Waals surface area contributed by atoms with Crippen LogP contribution >= 0.6 is 0 Å². The van der Waals surface area contributed by atoms with E-state index >= 15 is 0 Å². The molecule has 30 heavy (non-hydrogen) atoms. The molecule has 0 unspecified atom stereocenters. The summed E-state index contributed by atoms with van der Waals surface area (Å²) in [6.45, 7) is 0.853. The number of carboxylic acids is 1. The van der Waals surface area contributed by atoms with Gasteiger partial charge < -0.3 is 25.3 Å². The molecule has 1 aliphatic heterocycles. The van der Waals surface area contributed by atoms with Crippen molar-refractivity contribution in [2.45, 2.75) is 24.8 Å². The lowest BCUT2D eigenvalue weighted by molar-refractivity contribution is -0.0533. The number of H-pyrrole nitrogens is 1. The Hall–Kier alpha value is -3.23. The van der Waals surface area contributed by atoms with E-state index in [2.05, 4.69) is 9.97 Å². The van der Waals surface area contributed by atoms with E-state index in [0.717, 1.165) is 33.8 Å². The van der Waals surface area contributed by atoms with Crippen LogP contribution in [0.5, 0.6) is 5.75 Å². The highest BCUT2D eigenvalue weighted by Crippen LogP contribution is 2.37. The SMILES string of the molecule is COc1ccc(-c2ncc3c(n2)-c2[nH]c(CC4(N)COC4)c(C(=O)O)c2CC3)cc1. The molecule has 0 saturated carbocycles. The molecule has 5 rings (SSSR count). The zero-order valence-corrected chi connectivity index (χ0v) is 16.6. The summed E-state index contributed by atoms with van der Waals surface area (Å²) >= 11 is 0. The second-order valence-corrected chi connectivity index (χ2v) is 7.97. The number of benzene rings is 1. The molecule has 2 aliphatic rings. The number of hydrogen-bond acceptors (Lipinski definition) is 6. The van der Waals surface area contributed by atoms with Gasteiger partial charge in [-0.2, -0.15) is 0 Å². The number of aromatic carboxylic acids is 1. The Morgan fingerprint density at radius 1 is 1.30 bits per heavy atom. The third-order valence-electron chi connectivity index (χ3n) is 5.80. The number of rotatable bonds is 5. The quantitative estimate of drug-likeness (QED) is 0.593. The van der Waals surface area contributed by atoms with Crippen molar-refractivity contribution < 1.29 is 19.4 Å². The molecule has 0 radical (unpaired) electrons. The van der Waals surface area contributed by atoms with Crippen LogP contribution in [-0.2, 0) is 24.0 Å². The maximum Gasteiger partial charge on any atom is 0.337 e. The van der Waals surface area contributed by atoms with E-state index < -0.39 is 11.5 Å². The summed E-state index contributed by atoms with van der Waals surface area (Å²) in [5.74, 6) is 0.397. The Balaban J connectivity index is 1.59. The molecule has 1 aromatic carbocycles. The van der Waals surface area contributed by atoms with Crippen molar-refractivity contribution in [1.82, 2.24) is 15.0 Å². The lowest BCUT2D eigenvalue weighted by atomic mass is 9.88. The van der Waals surface area contributed by atoms with Crippen molar-refractivity contribution in [3.8, 4) is 28.5 Å². The van der Waals surface area contributed by atoms with E-state index in [1.165, 1.54) is 0 Å². The van der Waals surface area contributed by atoms with Crippen LogP contribution in [0.25, 0.3) is 22.8 Å². The topological polar surface area (TPSA) is 123 Å². The fourth-order valence-corrected chi connectivity index (χ4v) is 4.20. The number of aryl methyl sites for hydroxylation is 1. The molecule has 1 aliphatic carbocycles. The van der Waals surface area contributed by atoms with Gasteiger partial charge in [0.25, 0.3) is 0 Å². The standard InChI is InChI=1S/C22H22N4O4/c1-29-14-5-2-12(3-6-14)20-24-9-13-4-7-15-17(21(27)28)16(8-22(23)10-30-11-22)25-19(15)18(13)26-20/h2-3,5-6,9,25H,4,7-8,10-11,23H2,1H3,(H,27,28). The fourth-order valence-electron chi connectivity index (χ4n) is 4.20. The highest BCUT2D eigenvalue weighted by atomic mass is 16.5. The van der Waals surface area contributed by atoms with Gasteiger partial charge in [0, 0.05) is 23.9 Å². The van der Waals surface area contributed by atoms with E-state index in [4.69, 9.17) is 20.2 Å². The third kappa shape index (κ3) is 3.05. The van der Waals surface area contributed by atoms with Crippen molar-refractivity contribution in [2.24, 2.45) is 5.73 Å². The third-order valence-corrected chi connectivity index (χ3v) is 5.80. The molecule has 0 bridgehead atoms. The maximum atomic E-state index is 12.1. The van der Waals surface area contributed by atoms with Crippen LogP contribution in [-0.4, -0.2) is 51.9 Å². The minimum absolute atomic E-state index is 0.317. The predicted molar refractivity (Wildman–Crippen MR) is 110 cm³/mol. The highest BCUT2D eigenvalue weighted by Gasteiger charge is 2.38. The van der Waals surface area contributed by atoms with Crippen LogP contribution in [0.4, 0.5) is 0 Å². The number of nitrogens with one attached hydrogen (secondary N) is 1. The van der Waals surface area contributed by atoms with Gasteiger partial charge in [0.15, 0.2) is 5.82 Å². The molecular weight excluding hydrogens is 384 g/mol. The van der Waals surface area contributed by atoms with Gasteiger partial charge in [0.05, 0.1) is 42.8 Å². The second kappa shape index (κ2) is 6.93. The van der Waals surface area contributed by atoms with Crippen molar-refractivity contribution in [2.75, 3.05) is 20.3 Å². The van der Waals surface area contributed by atoms with Crippen molar-refractivity contribution in [3.63, 3.8) is 0 Å². The van der Waals surface area contributed by atoms with Gasteiger partial charge >= 0.3 is 5.97 Å². The largest absolute Gasteiger partial charge is 0.497 e. The molecule has 1 saturated heterocycles. The molecule has 2 aromatic heterocycles. The van der Waals surface area contributed by atoms with E-state index in [9.17, 15) is 9.90 Å². The molecule has 0 atom stereocenters. The Kier molecular flexibility index (Phi) is 4.34. The lowest BCUT2D eigenvalue weighted by Gasteiger charge is -2.37. The van der Waals surface area contributed by atoms with E-state index in [1.807, 2.05) is 30.5 Å².